The predicted molar refractivity (Wildman–Crippen MR) is 263 cm³/mol. The van der Waals surface area contributed by atoms with Crippen molar-refractivity contribution >= 4 is 55.2 Å². The van der Waals surface area contributed by atoms with Crippen LogP contribution in [0, 0.1) is 19.0 Å². The van der Waals surface area contributed by atoms with E-state index in [-0.39, 0.29) is 42.9 Å². The number of aryl methyl sites for hydroxylation is 1. The number of hydrogen-bond acceptors (Lipinski definition) is 5. The number of aromatic nitrogens is 4. The molecule has 65 heavy (non-hydrogen) atoms. The fraction of sp³-hybridized carbons (Fsp3) is 0.190. The van der Waals surface area contributed by atoms with Gasteiger partial charge in [0.05, 0.1) is 27.8 Å². The number of hydrogen-bond donors (Lipinski definition) is 0. The number of fused-ring (bicyclic) bond motifs is 7. The number of benzene rings is 6. The molecule has 0 aliphatic carbocycles. The van der Waals surface area contributed by atoms with Crippen molar-refractivity contribution in [3.05, 3.63) is 180 Å². The van der Waals surface area contributed by atoms with Crippen molar-refractivity contribution in [3.63, 3.8) is 0 Å². The van der Waals surface area contributed by atoms with Crippen LogP contribution < -0.4 is 0 Å². The van der Waals surface area contributed by atoms with Crippen LogP contribution in [0.15, 0.2) is 155 Å². The van der Waals surface area contributed by atoms with E-state index < -0.39 is 6.85 Å². The summed E-state index contributed by atoms with van der Waals surface area (Å²) < 4.78 is 38.9. The van der Waals surface area contributed by atoms with E-state index in [0.717, 1.165) is 44.8 Å². The Labute approximate surface area is 398 Å². The summed E-state index contributed by atoms with van der Waals surface area (Å²) in [7, 11) is 0. The van der Waals surface area contributed by atoms with Gasteiger partial charge in [-0.15, -0.1) is 54.1 Å². The maximum absolute atomic E-state index is 7.92. The largest absolute Gasteiger partial charge is 0.499 e. The van der Waals surface area contributed by atoms with Gasteiger partial charge in [0, 0.05) is 41.5 Å². The Morgan fingerprint density at radius 1 is 0.662 bits per heavy atom. The van der Waals surface area contributed by atoms with Gasteiger partial charge in [0.25, 0.3) is 0 Å². The predicted octanol–water partition coefficient (Wildman–Crippen LogP) is 15.8. The van der Waals surface area contributed by atoms with Crippen molar-refractivity contribution in [1.29, 1.82) is 0 Å². The first-order chi connectivity index (χ1) is 32.1. The van der Waals surface area contributed by atoms with Gasteiger partial charge in [-0.1, -0.05) is 114 Å². The number of imidazole rings is 1. The van der Waals surface area contributed by atoms with Crippen molar-refractivity contribution in [1.82, 2.24) is 19.5 Å². The minimum absolute atomic E-state index is 0. The third-order valence-electron chi connectivity index (χ3n) is 12.0. The molecular weight excluding hydrogens is 977 g/mol. The fourth-order valence-corrected chi connectivity index (χ4v) is 8.64. The second-order valence-corrected chi connectivity index (χ2v) is 18.1. The topological polar surface area (TPSA) is 69.9 Å². The summed E-state index contributed by atoms with van der Waals surface area (Å²) in [6, 6.07) is 53.0. The SMILES string of the molecule is CC(C)(C)c1ccnc(-c2[c-]cccc2)c1.[2H]C([2H])([2H])c1ccc2oc3nc4c(cc3c2c1)oc1c(-c2nc3ccccc3n2-c2c(C(C)C)cc(-c3ccccc3)cc2C(C)C)[c-]ccc14.[Ir]. The summed E-state index contributed by atoms with van der Waals surface area (Å²) in [5.41, 5.74) is 15.1. The Balaban J connectivity index is 0.000000289. The van der Waals surface area contributed by atoms with Crippen molar-refractivity contribution in [2.75, 3.05) is 0 Å². The molecule has 11 rings (SSSR count). The minimum Gasteiger partial charge on any atom is -0.499 e. The Morgan fingerprint density at radius 3 is 2.14 bits per heavy atom. The van der Waals surface area contributed by atoms with Crippen LogP contribution in [0.5, 0.6) is 0 Å². The van der Waals surface area contributed by atoms with E-state index in [9.17, 15) is 0 Å². The number of furan rings is 2. The monoisotopic (exact) mass is 1030 g/mol. The van der Waals surface area contributed by atoms with E-state index >= 15 is 0 Å². The van der Waals surface area contributed by atoms with Crippen LogP contribution >= 0.6 is 0 Å². The standard InChI is InChI=1S/C43H34N3O2.C15H16N.Ir/c1-24(2)31-21-28(27-12-7-6-8-13-27)22-32(25(3)4)40(31)46-36-17-10-9-16-35(36)44-42(46)30-15-11-14-29-39-38(47-41(29)30)23-34-33-20-26(5)18-19-37(33)48-43(34)45-39;1-15(2,3)13-9-10-16-14(11-13)12-7-5-4-6-8-12;/h6-14,16-25H,1-5H3;4-7,9-11H,1-3H3;/q2*-1;/i5D3;;. The summed E-state index contributed by atoms with van der Waals surface area (Å²) in [5, 5.41) is 2.20. The van der Waals surface area contributed by atoms with E-state index in [1.165, 1.54) is 27.8 Å². The number of pyridine rings is 2. The van der Waals surface area contributed by atoms with Crippen LogP contribution in [0.2, 0.25) is 0 Å². The van der Waals surface area contributed by atoms with Crippen LogP contribution in [-0.2, 0) is 25.5 Å². The first-order valence-corrected chi connectivity index (χ1v) is 21.9. The molecule has 6 aromatic carbocycles. The molecule has 0 N–H and O–H groups in total. The van der Waals surface area contributed by atoms with Crippen LogP contribution in [0.3, 0.4) is 0 Å². The second-order valence-electron chi connectivity index (χ2n) is 18.1. The minimum atomic E-state index is -2.24. The zero-order chi connectivity index (χ0) is 46.8. The molecule has 5 heterocycles. The van der Waals surface area contributed by atoms with Gasteiger partial charge in [0.2, 0.25) is 5.71 Å². The molecule has 7 heteroatoms. The van der Waals surface area contributed by atoms with Crippen molar-refractivity contribution in [3.8, 4) is 39.5 Å². The van der Waals surface area contributed by atoms with Gasteiger partial charge >= 0.3 is 0 Å². The molecule has 0 saturated carbocycles. The average molecular weight is 1030 g/mol. The molecule has 0 saturated heterocycles. The molecule has 0 amide bonds. The van der Waals surface area contributed by atoms with Gasteiger partial charge in [-0.05, 0) is 112 Å². The summed E-state index contributed by atoms with van der Waals surface area (Å²) in [6.07, 6.45) is 1.87. The molecule has 1 radical (unpaired) electrons. The smallest absolute Gasteiger partial charge is 0.228 e. The quantitative estimate of drug-likeness (QED) is 0.155. The maximum atomic E-state index is 7.92. The Hall–Kier alpha value is -6.66. The van der Waals surface area contributed by atoms with Crippen LogP contribution in [0.25, 0.3) is 94.6 Å². The van der Waals surface area contributed by atoms with Gasteiger partial charge in [-0.3, -0.25) is 4.98 Å². The first-order valence-electron chi connectivity index (χ1n) is 23.4. The number of nitrogens with zero attached hydrogens (tertiary/aromatic N) is 4. The normalized spacial score (nSPS) is 12.7. The van der Waals surface area contributed by atoms with Crippen molar-refractivity contribution < 1.29 is 33.1 Å². The molecule has 0 fully saturated rings. The zero-order valence-corrected chi connectivity index (χ0v) is 39.8. The molecule has 6 nitrogen and oxygen atoms in total. The number of para-hydroxylation sites is 2. The van der Waals surface area contributed by atoms with E-state index in [2.05, 4.69) is 137 Å². The Bertz CT molecular complexity index is 3590. The van der Waals surface area contributed by atoms with Crippen LogP contribution in [0.4, 0.5) is 0 Å². The summed E-state index contributed by atoms with van der Waals surface area (Å²) in [4.78, 5) is 14.6. The van der Waals surface area contributed by atoms with Crippen LogP contribution in [-0.4, -0.2) is 19.5 Å². The van der Waals surface area contributed by atoms with Gasteiger partial charge < -0.3 is 18.4 Å². The molecule has 0 spiro atoms. The molecule has 0 atom stereocenters. The van der Waals surface area contributed by atoms with E-state index in [4.69, 9.17) is 22.9 Å². The van der Waals surface area contributed by atoms with Crippen LogP contribution in [0.1, 0.15) is 86.7 Å². The summed E-state index contributed by atoms with van der Waals surface area (Å²) in [5.74, 6) is 1.18. The maximum Gasteiger partial charge on any atom is 0.228 e. The molecule has 0 unspecified atom stereocenters. The third kappa shape index (κ3) is 8.09. The molecule has 0 aliphatic heterocycles. The van der Waals surface area contributed by atoms with Gasteiger partial charge in [-0.25, -0.2) is 4.98 Å². The van der Waals surface area contributed by atoms with Crippen molar-refractivity contribution in [2.24, 2.45) is 0 Å². The molecule has 5 aromatic heterocycles. The fourth-order valence-electron chi connectivity index (χ4n) is 8.64. The average Bonchev–Trinajstić information content (AvgIpc) is 4.01. The molecular formula is C58H50IrN4O2-2. The van der Waals surface area contributed by atoms with E-state index in [1.807, 2.05) is 60.8 Å². The molecule has 0 aliphatic rings. The Kier molecular flexibility index (Phi) is 10.7. The van der Waals surface area contributed by atoms with Gasteiger partial charge in [-0.2, -0.15) is 0 Å². The number of rotatable bonds is 6. The molecule has 11 aromatic rings. The van der Waals surface area contributed by atoms with Gasteiger partial charge in [0.1, 0.15) is 16.7 Å². The van der Waals surface area contributed by atoms with E-state index in [0.29, 0.717) is 38.8 Å². The first kappa shape index (κ1) is 39.9. The second kappa shape index (κ2) is 17.4. The molecule has 325 valence electrons. The summed E-state index contributed by atoms with van der Waals surface area (Å²) in [6.45, 7) is 13.4. The molecule has 0 bridgehead atoms. The Morgan fingerprint density at radius 2 is 1.42 bits per heavy atom. The van der Waals surface area contributed by atoms with Gasteiger partial charge in [0.15, 0.2) is 0 Å². The van der Waals surface area contributed by atoms with Crippen molar-refractivity contribution in [2.45, 2.75) is 72.6 Å². The van der Waals surface area contributed by atoms with E-state index in [1.54, 1.807) is 18.2 Å². The summed E-state index contributed by atoms with van der Waals surface area (Å²) >= 11 is 0. The third-order valence-corrected chi connectivity index (χ3v) is 12.0. The zero-order valence-electron chi connectivity index (χ0n) is 40.4.